The molecule has 2 heteroatoms. The van der Waals surface area contributed by atoms with Gasteiger partial charge in [0.2, 0.25) is 0 Å². The summed E-state index contributed by atoms with van der Waals surface area (Å²) < 4.78 is 5.79. The van der Waals surface area contributed by atoms with Crippen LogP contribution in [0, 0.1) is 12.8 Å². The van der Waals surface area contributed by atoms with Crippen molar-refractivity contribution in [3.05, 3.63) is 35.4 Å². The summed E-state index contributed by atoms with van der Waals surface area (Å²) in [6.07, 6.45) is 9.55. The number of hydrogen-bond acceptors (Lipinski definition) is 2. The molecule has 1 heterocycles. The van der Waals surface area contributed by atoms with E-state index in [1.54, 1.807) is 0 Å². The standard InChI is InChI=1S/C19H29NO/c1-15-4-2-5-16(12-15)13-17(14-20-18-8-9-18)7-10-19-6-3-11-21-19/h2,4-5,12,17-20H,3,6-11,13-14H2,1H3. The van der Waals surface area contributed by atoms with Gasteiger partial charge >= 0.3 is 0 Å². The maximum atomic E-state index is 5.79. The Hall–Kier alpha value is -0.860. The maximum Gasteiger partial charge on any atom is 0.0576 e. The molecular weight excluding hydrogens is 258 g/mol. The minimum atomic E-state index is 0.533. The lowest BCUT2D eigenvalue weighted by molar-refractivity contribution is 0.0979. The van der Waals surface area contributed by atoms with E-state index in [9.17, 15) is 0 Å². The number of ether oxygens (including phenoxy) is 1. The third-order valence-electron chi connectivity index (χ3n) is 4.80. The number of aryl methyl sites for hydroxylation is 1. The molecule has 116 valence electrons. The molecule has 2 atom stereocenters. The number of benzene rings is 1. The van der Waals surface area contributed by atoms with Gasteiger partial charge in [-0.25, -0.2) is 0 Å². The normalized spacial score (nSPS) is 23.4. The Morgan fingerprint density at radius 2 is 2.19 bits per heavy atom. The van der Waals surface area contributed by atoms with Crippen LogP contribution in [0.15, 0.2) is 24.3 Å². The van der Waals surface area contributed by atoms with Crippen molar-refractivity contribution in [3.8, 4) is 0 Å². The van der Waals surface area contributed by atoms with Crippen LogP contribution < -0.4 is 5.32 Å². The molecule has 1 N–H and O–H groups in total. The van der Waals surface area contributed by atoms with Gasteiger partial charge in [-0.15, -0.1) is 0 Å². The van der Waals surface area contributed by atoms with Gasteiger partial charge in [-0.05, 0) is 69.9 Å². The summed E-state index contributed by atoms with van der Waals surface area (Å²) in [5.74, 6) is 0.747. The minimum absolute atomic E-state index is 0.533. The molecule has 0 radical (unpaired) electrons. The average Bonchev–Trinajstić information content (AvgIpc) is 3.16. The minimum Gasteiger partial charge on any atom is -0.378 e. The van der Waals surface area contributed by atoms with E-state index >= 15 is 0 Å². The second-order valence-electron chi connectivity index (χ2n) is 6.95. The second-order valence-corrected chi connectivity index (χ2v) is 6.95. The molecular formula is C19H29NO. The van der Waals surface area contributed by atoms with Crippen molar-refractivity contribution in [1.82, 2.24) is 5.32 Å². The predicted molar refractivity (Wildman–Crippen MR) is 87.6 cm³/mol. The Kier molecular flexibility index (Phi) is 5.32. The van der Waals surface area contributed by atoms with Gasteiger partial charge in [0.25, 0.3) is 0 Å². The molecule has 0 aromatic heterocycles. The van der Waals surface area contributed by atoms with E-state index in [1.807, 2.05) is 0 Å². The fourth-order valence-electron chi connectivity index (χ4n) is 3.36. The summed E-state index contributed by atoms with van der Waals surface area (Å²) in [6.45, 7) is 4.34. The van der Waals surface area contributed by atoms with Crippen molar-refractivity contribution in [2.24, 2.45) is 5.92 Å². The zero-order chi connectivity index (χ0) is 14.5. The lowest BCUT2D eigenvalue weighted by atomic mass is 9.92. The monoisotopic (exact) mass is 287 g/mol. The van der Waals surface area contributed by atoms with Gasteiger partial charge in [-0.2, -0.15) is 0 Å². The molecule has 1 aromatic carbocycles. The van der Waals surface area contributed by atoms with Crippen molar-refractivity contribution >= 4 is 0 Å². The Morgan fingerprint density at radius 3 is 2.90 bits per heavy atom. The van der Waals surface area contributed by atoms with E-state index in [0.29, 0.717) is 6.10 Å². The Morgan fingerprint density at radius 1 is 1.29 bits per heavy atom. The number of nitrogens with one attached hydrogen (secondary N) is 1. The first kappa shape index (κ1) is 15.1. The molecule has 1 saturated carbocycles. The van der Waals surface area contributed by atoms with E-state index in [1.165, 1.54) is 62.6 Å². The zero-order valence-electron chi connectivity index (χ0n) is 13.3. The molecule has 0 spiro atoms. The summed E-state index contributed by atoms with van der Waals surface area (Å²) in [5.41, 5.74) is 2.87. The van der Waals surface area contributed by atoms with Crippen molar-refractivity contribution in [3.63, 3.8) is 0 Å². The van der Waals surface area contributed by atoms with Crippen LogP contribution in [0.2, 0.25) is 0 Å². The molecule has 0 amide bonds. The summed E-state index contributed by atoms with van der Waals surface area (Å²) in [7, 11) is 0. The maximum absolute atomic E-state index is 5.79. The largest absolute Gasteiger partial charge is 0.378 e. The van der Waals surface area contributed by atoms with Crippen LogP contribution in [-0.2, 0) is 11.2 Å². The third-order valence-corrected chi connectivity index (χ3v) is 4.80. The van der Waals surface area contributed by atoms with E-state index in [2.05, 4.69) is 36.5 Å². The van der Waals surface area contributed by atoms with Crippen LogP contribution >= 0.6 is 0 Å². The molecule has 2 fully saturated rings. The van der Waals surface area contributed by atoms with Crippen LogP contribution in [0.5, 0.6) is 0 Å². The first-order valence-electron chi connectivity index (χ1n) is 8.70. The molecule has 1 aliphatic carbocycles. The van der Waals surface area contributed by atoms with Gasteiger partial charge in [0, 0.05) is 12.6 Å². The fraction of sp³-hybridized carbons (Fsp3) is 0.684. The molecule has 2 unspecified atom stereocenters. The van der Waals surface area contributed by atoms with Crippen molar-refractivity contribution in [1.29, 1.82) is 0 Å². The molecule has 1 saturated heterocycles. The van der Waals surface area contributed by atoms with Crippen LogP contribution in [-0.4, -0.2) is 25.3 Å². The zero-order valence-corrected chi connectivity index (χ0v) is 13.3. The molecule has 0 bridgehead atoms. The van der Waals surface area contributed by atoms with E-state index in [4.69, 9.17) is 4.74 Å². The van der Waals surface area contributed by atoms with E-state index in [-0.39, 0.29) is 0 Å². The molecule has 2 nitrogen and oxygen atoms in total. The Labute approximate surface area is 129 Å². The van der Waals surface area contributed by atoms with Gasteiger partial charge in [0.1, 0.15) is 0 Å². The first-order valence-corrected chi connectivity index (χ1v) is 8.70. The molecule has 3 rings (SSSR count). The molecule has 2 aliphatic rings. The quantitative estimate of drug-likeness (QED) is 0.784. The highest BCUT2D eigenvalue weighted by atomic mass is 16.5. The first-order chi connectivity index (χ1) is 10.3. The van der Waals surface area contributed by atoms with Crippen LogP contribution in [0.25, 0.3) is 0 Å². The van der Waals surface area contributed by atoms with E-state index < -0.39 is 0 Å². The smallest absolute Gasteiger partial charge is 0.0576 e. The van der Waals surface area contributed by atoms with Gasteiger partial charge in [0.05, 0.1) is 6.10 Å². The summed E-state index contributed by atoms with van der Waals surface area (Å²) in [5, 5.41) is 3.73. The molecule has 1 aromatic rings. The number of hydrogen-bond donors (Lipinski definition) is 1. The van der Waals surface area contributed by atoms with Gasteiger partial charge in [0.15, 0.2) is 0 Å². The summed E-state index contributed by atoms with van der Waals surface area (Å²) in [4.78, 5) is 0. The van der Waals surface area contributed by atoms with Crippen LogP contribution in [0.1, 0.15) is 49.7 Å². The lowest BCUT2D eigenvalue weighted by Crippen LogP contribution is -2.27. The SMILES string of the molecule is Cc1cccc(CC(CCC2CCCO2)CNC2CC2)c1. The predicted octanol–water partition coefficient (Wildman–Crippen LogP) is 3.86. The highest BCUT2D eigenvalue weighted by Crippen LogP contribution is 2.24. The van der Waals surface area contributed by atoms with Crippen molar-refractivity contribution < 1.29 is 4.74 Å². The highest BCUT2D eigenvalue weighted by Gasteiger charge is 2.23. The van der Waals surface area contributed by atoms with Gasteiger partial charge < -0.3 is 10.1 Å². The second kappa shape index (κ2) is 7.42. The van der Waals surface area contributed by atoms with Crippen LogP contribution in [0.4, 0.5) is 0 Å². The van der Waals surface area contributed by atoms with Crippen molar-refractivity contribution in [2.45, 2.75) is 64.0 Å². The number of rotatable bonds is 8. The Balaban J connectivity index is 1.51. The van der Waals surface area contributed by atoms with Crippen molar-refractivity contribution in [2.75, 3.05) is 13.2 Å². The Bertz CT molecular complexity index is 435. The lowest BCUT2D eigenvalue weighted by Gasteiger charge is -2.20. The third kappa shape index (κ3) is 5.12. The summed E-state index contributed by atoms with van der Waals surface area (Å²) in [6, 6.07) is 9.82. The highest BCUT2D eigenvalue weighted by molar-refractivity contribution is 5.22. The van der Waals surface area contributed by atoms with Gasteiger partial charge in [-0.1, -0.05) is 29.8 Å². The average molecular weight is 287 g/mol. The fourth-order valence-corrected chi connectivity index (χ4v) is 3.36. The summed E-state index contributed by atoms with van der Waals surface area (Å²) >= 11 is 0. The van der Waals surface area contributed by atoms with Gasteiger partial charge in [-0.3, -0.25) is 0 Å². The topological polar surface area (TPSA) is 21.3 Å². The van der Waals surface area contributed by atoms with E-state index in [0.717, 1.165) is 18.6 Å². The molecule has 21 heavy (non-hydrogen) atoms. The van der Waals surface area contributed by atoms with Crippen LogP contribution in [0.3, 0.4) is 0 Å². The molecule has 1 aliphatic heterocycles.